The Morgan fingerprint density at radius 3 is 2.15 bits per heavy atom. The molecule has 1 unspecified atom stereocenters. The number of nitrogens with zero attached hydrogens (tertiary/aromatic N) is 2. The van der Waals surface area contributed by atoms with Crippen LogP contribution >= 0.6 is 0 Å². The van der Waals surface area contributed by atoms with Gasteiger partial charge in [0.1, 0.15) is 6.29 Å². The van der Waals surface area contributed by atoms with Crippen LogP contribution in [0.3, 0.4) is 0 Å². The van der Waals surface area contributed by atoms with Crippen molar-refractivity contribution in [3.05, 3.63) is 59.7 Å². The molecule has 4 rings (SSSR count). The summed E-state index contributed by atoms with van der Waals surface area (Å²) in [5.41, 5.74) is 15.7. The van der Waals surface area contributed by atoms with Crippen LogP contribution in [0, 0.1) is 0 Å². The molecule has 0 bridgehead atoms. The maximum absolute atomic E-state index is 11.8. The highest BCUT2D eigenvalue weighted by molar-refractivity contribution is 5.82. The molecule has 4 N–H and O–H groups in total. The number of anilines is 2. The number of likely N-dealkylation sites (tertiary alicyclic amines) is 1. The van der Waals surface area contributed by atoms with E-state index in [4.69, 9.17) is 11.5 Å². The number of rotatable bonds is 8. The van der Waals surface area contributed by atoms with Gasteiger partial charge in [0.2, 0.25) is 5.91 Å². The van der Waals surface area contributed by atoms with Crippen molar-refractivity contribution < 1.29 is 9.59 Å². The van der Waals surface area contributed by atoms with Crippen molar-refractivity contribution >= 4 is 23.6 Å². The van der Waals surface area contributed by atoms with Gasteiger partial charge in [-0.05, 0) is 86.5 Å². The van der Waals surface area contributed by atoms with Crippen LogP contribution in [-0.4, -0.2) is 49.3 Å². The fourth-order valence-corrected chi connectivity index (χ4v) is 5.48. The van der Waals surface area contributed by atoms with Gasteiger partial charge < -0.3 is 26.1 Å². The van der Waals surface area contributed by atoms with Crippen LogP contribution in [0.5, 0.6) is 0 Å². The third-order valence-corrected chi connectivity index (χ3v) is 7.50. The van der Waals surface area contributed by atoms with Crippen LogP contribution in [0.1, 0.15) is 61.5 Å². The first kappa shape index (κ1) is 23.3. The van der Waals surface area contributed by atoms with Crippen LogP contribution in [0.25, 0.3) is 0 Å². The van der Waals surface area contributed by atoms with E-state index in [0.717, 1.165) is 30.6 Å². The second kappa shape index (κ2) is 10.8. The van der Waals surface area contributed by atoms with E-state index in [1.807, 2.05) is 24.3 Å². The Balaban J connectivity index is 1.27. The van der Waals surface area contributed by atoms with Crippen LogP contribution in [0.2, 0.25) is 0 Å². The van der Waals surface area contributed by atoms with Gasteiger partial charge in [0.05, 0.1) is 5.92 Å². The summed E-state index contributed by atoms with van der Waals surface area (Å²) in [6, 6.07) is 17.2. The maximum Gasteiger partial charge on any atom is 0.224 e. The molecule has 6 nitrogen and oxygen atoms in total. The average Bonchev–Trinajstić information content (AvgIpc) is 2.85. The van der Waals surface area contributed by atoms with Gasteiger partial charge in [-0.25, -0.2) is 0 Å². The fourth-order valence-electron chi connectivity index (χ4n) is 5.48. The molecule has 0 saturated carbocycles. The van der Waals surface area contributed by atoms with Crippen molar-refractivity contribution in [2.24, 2.45) is 5.73 Å². The third-order valence-electron chi connectivity index (χ3n) is 7.50. The number of aldehydes is 1. The van der Waals surface area contributed by atoms with Gasteiger partial charge in [0, 0.05) is 36.9 Å². The van der Waals surface area contributed by atoms with Crippen molar-refractivity contribution in [1.82, 2.24) is 4.90 Å². The van der Waals surface area contributed by atoms with E-state index in [0.29, 0.717) is 24.8 Å². The van der Waals surface area contributed by atoms with E-state index < -0.39 is 5.92 Å². The first-order valence-corrected chi connectivity index (χ1v) is 12.2. The van der Waals surface area contributed by atoms with E-state index in [9.17, 15) is 9.59 Å². The summed E-state index contributed by atoms with van der Waals surface area (Å²) in [5, 5.41) is 0. The van der Waals surface area contributed by atoms with E-state index >= 15 is 0 Å². The Morgan fingerprint density at radius 1 is 0.939 bits per heavy atom. The molecular formula is C27H36N4O2. The lowest BCUT2D eigenvalue weighted by Crippen LogP contribution is -2.47. The first-order valence-electron chi connectivity index (χ1n) is 12.2. The lowest BCUT2D eigenvalue weighted by atomic mass is 9.88. The quantitative estimate of drug-likeness (QED) is 0.475. The summed E-state index contributed by atoms with van der Waals surface area (Å²) in [6.45, 7) is 4.44. The predicted molar refractivity (Wildman–Crippen MR) is 133 cm³/mol. The van der Waals surface area contributed by atoms with Gasteiger partial charge in [0.25, 0.3) is 0 Å². The number of nitrogens with two attached hydrogens (primary N) is 2. The zero-order valence-electron chi connectivity index (χ0n) is 19.4. The average molecular weight is 449 g/mol. The molecule has 1 atom stereocenters. The zero-order chi connectivity index (χ0) is 23.2. The smallest absolute Gasteiger partial charge is 0.224 e. The molecule has 0 spiro atoms. The number of primary amides is 1. The Hall–Kier alpha value is -2.86. The molecule has 2 aliphatic rings. The number of carbonyl (C=O) groups is 2. The SMILES string of the molecule is NC(=O)C(CCC=O)c1ccc(N2CCC(N3CCC(c4ccc(N)cc4)CC3)CC2)cc1. The van der Waals surface area contributed by atoms with Crippen molar-refractivity contribution in [2.45, 2.75) is 56.4 Å². The standard InChI is InChI=1S/C27H36N4O2/c28-23-7-3-20(4-8-23)21-11-15-30(16-12-21)25-13-17-31(18-14-25)24-9-5-22(6-10-24)26(27(29)33)2-1-19-32/h3-10,19,21,25-26H,1-2,11-18,28H2,(H2,29,33). The number of hydrogen-bond donors (Lipinski definition) is 2. The lowest BCUT2D eigenvalue weighted by Gasteiger charge is -2.42. The van der Waals surface area contributed by atoms with Crippen LogP contribution in [0.15, 0.2) is 48.5 Å². The number of amides is 1. The van der Waals surface area contributed by atoms with Crippen molar-refractivity contribution in [2.75, 3.05) is 36.8 Å². The van der Waals surface area contributed by atoms with Crippen LogP contribution < -0.4 is 16.4 Å². The molecule has 2 aliphatic heterocycles. The molecule has 0 radical (unpaired) electrons. The lowest BCUT2D eigenvalue weighted by molar-refractivity contribution is -0.119. The molecule has 33 heavy (non-hydrogen) atoms. The fraction of sp³-hybridized carbons (Fsp3) is 0.481. The molecule has 6 heteroatoms. The Kier molecular flexibility index (Phi) is 7.65. The van der Waals surface area contributed by atoms with Crippen molar-refractivity contribution in [3.8, 4) is 0 Å². The third kappa shape index (κ3) is 5.74. The highest BCUT2D eigenvalue weighted by Crippen LogP contribution is 2.32. The zero-order valence-corrected chi connectivity index (χ0v) is 19.4. The predicted octanol–water partition coefficient (Wildman–Crippen LogP) is 3.67. The highest BCUT2D eigenvalue weighted by atomic mass is 16.1. The minimum Gasteiger partial charge on any atom is -0.399 e. The number of benzene rings is 2. The van der Waals surface area contributed by atoms with E-state index in [-0.39, 0.29) is 5.91 Å². The maximum atomic E-state index is 11.8. The monoisotopic (exact) mass is 448 g/mol. The molecule has 1 amide bonds. The van der Waals surface area contributed by atoms with Gasteiger partial charge in [-0.1, -0.05) is 24.3 Å². The molecule has 2 saturated heterocycles. The first-order chi connectivity index (χ1) is 16.0. The number of hydrogen-bond acceptors (Lipinski definition) is 5. The van der Waals surface area contributed by atoms with Gasteiger partial charge in [-0.2, -0.15) is 0 Å². The summed E-state index contributed by atoms with van der Waals surface area (Å²) in [5.74, 6) is -0.118. The Morgan fingerprint density at radius 2 is 1.58 bits per heavy atom. The van der Waals surface area contributed by atoms with Gasteiger partial charge in [0.15, 0.2) is 0 Å². The number of piperidine rings is 2. The Bertz CT molecular complexity index is 912. The molecule has 0 aromatic heterocycles. The van der Waals surface area contributed by atoms with E-state index in [2.05, 4.69) is 34.1 Å². The normalized spacial score (nSPS) is 19.3. The topological polar surface area (TPSA) is 92.7 Å². The molecule has 2 fully saturated rings. The molecular weight excluding hydrogens is 412 g/mol. The van der Waals surface area contributed by atoms with Crippen molar-refractivity contribution in [3.63, 3.8) is 0 Å². The summed E-state index contributed by atoms with van der Waals surface area (Å²) < 4.78 is 0. The van der Waals surface area contributed by atoms with Crippen LogP contribution in [0.4, 0.5) is 11.4 Å². The minimum atomic E-state index is -0.397. The number of carbonyl (C=O) groups excluding carboxylic acids is 2. The molecule has 176 valence electrons. The molecule has 2 aromatic rings. The van der Waals surface area contributed by atoms with E-state index in [1.165, 1.54) is 50.0 Å². The largest absolute Gasteiger partial charge is 0.399 e. The van der Waals surface area contributed by atoms with Crippen LogP contribution in [-0.2, 0) is 9.59 Å². The molecule has 0 aliphatic carbocycles. The minimum absolute atomic E-state index is 0.347. The number of nitrogen functional groups attached to an aromatic ring is 1. The summed E-state index contributed by atoms with van der Waals surface area (Å²) in [4.78, 5) is 27.6. The second-order valence-corrected chi connectivity index (χ2v) is 9.49. The highest BCUT2D eigenvalue weighted by Gasteiger charge is 2.29. The second-order valence-electron chi connectivity index (χ2n) is 9.49. The molecule has 2 heterocycles. The summed E-state index contributed by atoms with van der Waals surface area (Å²) in [7, 11) is 0. The Labute approximate surface area is 196 Å². The summed E-state index contributed by atoms with van der Waals surface area (Å²) in [6.07, 6.45) is 6.45. The summed E-state index contributed by atoms with van der Waals surface area (Å²) >= 11 is 0. The van der Waals surface area contributed by atoms with Crippen molar-refractivity contribution in [1.29, 1.82) is 0 Å². The van der Waals surface area contributed by atoms with E-state index in [1.54, 1.807) is 0 Å². The molecule has 2 aromatic carbocycles. The van der Waals surface area contributed by atoms with Gasteiger partial charge in [-0.3, -0.25) is 4.79 Å². The van der Waals surface area contributed by atoms with Gasteiger partial charge >= 0.3 is 0 Å². The van der Waals surface area contributed by atoms with Gasteiger partial charge in [-0.15, -0.1) is 0 Å².